The zero-order valence-corrected chi connectivity index (χ0v) is 10.7. The van der Waals surface area contributed by atoms with Crippen molar-refractivity contribution >= 4 is 17.5 Å². The number of benzene rings is 1. The van der Waals surface area contributed by atoms with Gasteiger partial charge in [0, 0.05) is 0 Å². The molecule has 0 aliphatic heterocycles. The number of carbonyl (C=O) groups excluding carboxylic acids is 1. The van der Waals surface area contributed by atoms with Gasteiger partial charge in [0.15, 0.2) is 0 Å². The summed E-state index contributed by atoms with van der Waals surface area (Å²) in [5, 5.41) is -0.959. The lowest BCUT2D eigenvalue weighted by atomic mass is 10.1. The molecule has 1 aromatic carbocycles. The molecule has 17 heavy (non-hydrogen) atoms. The molecular formula is C12H16ClNO3. The van der Waals surface area contributed by atoms with E-state index in [-0.39, 0.29) is 0 Å². The van der Waals surface area contributed by atoms with Crippen LogP contribution in [0, 0.1) is 0 Å². The molecule has 0 aliphatic carbocycles. The van der Waals surface area contributed by atoms with Gasteiger partial charge in [-0.25, -0.2) is 0 Å². The van der Waals surface area contributed by atoms with Gasteiger partial charge in [-0.3, -0.25) is 4.79 Å². The Bertz CT molecular complexity index is 371. The van der Waals surface area contributed by atoms with Gasteiger partial charge in [-0.15, -0.1) is 11.6 Å². The van der Waals surface area contributed by atoms with Crippen LogP contribution in [-0.2, 0) is 4.79 Å². The smallest absolute Gasteiger partial charge is 0.240 e. The van der Waals surface area contributed by atoms with Gasteiger partial charge < -0.3 is 15.2 Å². The van der Waals surface area contributed by atoms with Crippen molar-refractivity contribution in [1.29, 1.82) is 0 Å². The van der Waals surface area contributed by atoms with E-state index in [1.54, 1.807) is 18.2 Å². The summed E-state index contributed by atoms with van der Waals surface area (Å²) in [6.45, 7) is 4.66. The number of rotatable bonds is 6. The Morgan fingerprint density at radius 2 is 1.76 bits per heavy atom. The van der Waals surface area contributed by atoms with E-state index in [9.17, 15) is 4.79 Å². The monoisotopic (exact) mass is 257 g/mol. The SMILES string of the molecule is CCOc1cccc(OCC)c1C(Cl)C(N)=O. The molecule has 0 radical (unpaired) electrons. The highest BCUT2D eigenvalue weighted by Crippen LogP contribution is 2.37. The molecule has 1 rings (SSSR count). The molecule has 4 nitrogen and oxygen atoms in total. The number of carbonyl (C=O) groups is 1. The zero-order valence-electron chi connectivity index (χ0n) is 9.90. The molecule has 0 saturated heterocycles. The van der Waals surface area contributed by atoms with Crippen LogP contribution in [0.25, 0.3) is 0 Å². The fraction of sp³-hybridized carbons (Fsp3) is 0.417. The van der Waals surface area contributed by atoms with Gasteiger partial charge in [0.05, 0.1) is 18.8 Å². The van der Waals surface area contributed by atoms with E-state index >= 15 is 0 Å². The summed E-state index contributed by atoms with van der Waals surface area (Å²) in [5.41, 5.74) is 5.71. The van der Waals surface area contributed by atoms with Crippen LogP contribution < -0.4 is 15.2 Å². The predicted molar refractivity (Wildman–Crippen MR) is 66.6 cm³/mol. The van der Waals surface area contributed by atoms with Gasteiger partial charge in [0.25, 0.3) is 0 Å². The molecule has 94 valence electrons. The average molecular weight is 258 g/mol. The van der Waals surface area contributed by atoms with E-state index in [1.807, 2.05) is 13.8 Å². The molecule has 0 heterocycles. The summed E-state index contributed by atoms with van der Waals surface area (Å²) in [7, 11) is 0. The summed E-state index contributed by atoms with van der Waals surface area (Å²) in [4.78, 5) is 11.2. The quantitative estimate of drug-likeness (QED) is 0.795. The van der Waals surface area contributed by atoms with Gasteiger partial charge in [-0.1, -0.05) is 6.07 Å². The largest absolute Gasteiger partial charge is 0.493 e. The molecule has 0 fully saturated rings. The maximum absolute atomic E-state index is 11.2. The van der Waals surface area contributed by atoms with Gasteiger partial charge in [-0.05, 0) is 26.0 Å². The standard InChI is InChI=1S/C12H16ClNO3/c1-3-16-8-6-5-7-9(17-4-2)10(8)11(13)12(14)15/h5-7,11H,3-4H2,1-2H3,(H2,14,15). The second-order valence-electron chi connectivity index (χ2n) is 3.30. The van der Waals surface area contributed by atoms with Crippen LogP contribution in [0.3, 0.4) is 0 Å². The lowest BCUT2D eigenvalue weighted by Crippen LogP contribution is -2.18. The fourth-order valence-electron chi connectivity index (χ4n) is 1.48. The molecule has 2 N–H and O–H groups in total. The maximum Gasteiger partial charge on any atom is 0.240 e. The van der Waals surface area contributed by atoms with Gasteiger partial charge in [-0.2, -0.15) is 0 Å². The first-order valence-electron chi connectivity index (χ1n) is 5.43. The van der Waals surface area contributed by atoms with Crippen molar-refractivity contribution in [3.05, 3.63) is 23.8 Å². The minimum Gasteiger partial charge on any atom is -0.493 e. The van der Waals surface area contributed by atoms with Crippen molar-refractivity contribution < 1.29 is 14.3 Å². The molecular weight excluding hydrogens is 242 g/mol. The average Bonchev–Trinajstić information content (AvgIpc) is 2.29. The molecule has 1 aromatic rings. The molecule has 1 unspecified atom stereocenters. The van der Waals surface area contributed by atoms with Gasteiger partial charge >= 0.3 is 0 Å². The highest BCUT2D eigenvalue weighted by molar-refractivity contribution is 6.31. The van der Waals surface area contributed by atoms with Crippen molar-refractivity contribution in [2.75, 3.05) is 13.2 Å². The second kappa shape index (κ2) is 6.35. The highest BCUT2D eigenvalue weighted by Gasteiger charge is 2.23. The lowest BCUT2D eigenvalue weighted by Gasteiger charge is -2.17. The Labute approximate surface area is 106 Å². The Morgan fingerprint density at radius 3 is 2.12 bits per heavy atom. The van der Waals surface area contributed by atoms with E-state index in [0.717, 1.165) is 0 Å². The van der Waals surface area contributed by atoms with Crippen LogP contribution in [0.5, 0.6) is 11.5 Å². The topological polar surface area (TPSA) is 61.6 Å². The Balaban J connectivity index is 3.22. The number of alkyl halides is 1. The highest BCUT2D eigenvalue weighted by atomic mass is 35.5. The van der Waals surface area contributed by atoms with Crippen molar-refractivity contribution in [2.24, 2.45) is 5.73 Å². The minimum absolute atomic E-state index is 0.477. The summed E-state index contributed by atoms with van der Waals surface area (Å²) in [6, 6.07) is 5.25. The maximum atomic E-state index is 11.2. The fourth-order valence-corrected chi connectivity index (χ4v) is 1.69. The van der Waals surface area contributed by atoms with Crippen molar-refractivity contribution in [3.63, 3.8) is 0 Å². The predicted octanol–water partition coefficient (Wildman–Crippen LogP) is 2.25. The van der Waals surface area contributed by atoms with Crippen molar-refractivity contribution in [2.45, 2.75) is 19.2 Å². The normalized spacial score (nSPS) is 11.9. The van der Waals surface area contributed by atoms with E-state index in [0.29, 0.717) is 30.3 Å². The lowest BCUT2D eigenvalue weighted by molar-refractivity contribution is -0.117. The summed E-state index contributed by atoms with van der Waals surface area (Å²) in [6.07, 6.45) is 0. The van der Waals surface area contributed by atoms with Crippen LogP contribution in [0.1, 0.15) is 24.8 Å². The number of hydrogen-bond donors (Lipinski definition) is 1. The third-order valence-electron chi connectivity index (χ3n) is 2.13. The first kappa shape index (κ1) is 13.6. The van der Waals surface area contributed by atoms with Gasteiger partial charge in [0.2, 0.25) is 5.91 Å². The van der Waals surface area contributed by atoms with E-state index in [2.05, 4.69) is 0 Å². The number of hydrogen-bond acceptors (Lipinski definition) is 3. The van der Waals surface area contributed by atoms with Crippen LogP contribution >= 0.6 is 11.6 Å². The van der Waals surface area contributed by atoms with Crippen LogP contribution in [0.15, 0.2) is 18.2 Å². The molecule has 0 spiro atoms. The van der Waals surface area contributed by atoms with Crippen molar-refractivity contribution in [3.8, 4) is 11.5 Å². The number of halogens is 1. The second-order valence-corrected chi connectivity index (χ2v) is 3.74. The number of nitrogens with two attached hydrogens (primary N) is 1. The third-order valence-corrected chi connectivity index (χ3v) is 2.56. The molecule has 0 saturated carbocycles. The van der Waals surface area contributed by atoms with Crippen LogP contribution in [0.4, 0.5) is 0 Å². The minimum atomic E-state index is -0.959. The number of ether oxygens (including phenoxy) is 2. The van der Waals surface area contributed by atoms with E-state index < -0.39 is 11.3 Å². The first-order chi connectivity index (χ1) is 8.11. The van der Waals surface area contributed by atoms with Crippen molar-refractivity contribution in [1.82, 2.24) is 0 Å². The third kappa shape index (κ3) is 3.27. The summed E-state index contributed by atoms with van der Waals surface area (Å²) in [5.74, 6) is 0.425. The Hall–Kier alpha value is -1.42. The molecule has 0 aliphatic rings. The summed E-state index contributed by atoms with van der Waals surface area (Å²) >= 11 is 5.99. The van der Waals surface area contributed by atoms with Crippen LogP contribution in [-0.4, -0.2) is 19.1 Å². The number of amides is 1. The molecule has 1 atom stereocenters. The Kier molecular flexibility index (Phi) is 5.10. The van der Waals surface area contributed by atoms with E-state index in [4.69, 9.17) is 26.8 Å². The zero-order chi connectivity index (χ0) is 12.8. The molecule has 5 heteroatoms. The first-order valence-corrected chi connectivity index (χ1v) is 5.87. The Morgan fingerprint density at radius 1 is 1.29 bits per heavy atom. The van der Waals surface area contributed by atoms with Crippen LogP contribution in [0.2, 0.25) is 0 Å². The van der Waals surface area contributed by atoms with Gasteiger partial charge in [0.1, 0.15) is 16.9 Å². The molecule has 0 bridgehead atoms. The number of primary amides is 1. The molecule has 0 aromatic heterocycles. The molecule has 1 amide bonds. The van der Waals surface area contributed by atoms with E-state index in [1.165, 1.54) is 0 Å². The summed E-state index contributed by atoms with van der Waals surface area (Å²) < 4.78 is 10.8.